The van der Waals surface area contributed by atoms with Gasteiger partial charge in [-0.05, 0) is 19.9 Å². The highest BCUT2D eigenvalue weighted by molar-refractivity contribution is 7.87. The van der Waals surface area contributed by atoms with Crippen molar-refractivity contribution in [1.29, 1.82) is 0 Å². The van der Waals surface area contributed by atoms with Crippen molar-refractivity contribution in [3.8, 4) is 0 Å². The molecule has 7 nitrogen and oxygen atoms in total. The van der Waals surface area contributed by atoms with Gasteiger partial charge in [0, 0.05) is 19.1 Å². The fourth-order valence-corrected chi connectivity index (χ4v) is 3.13. The van der Waals surface area contributed by atoms with Crippen molar-refractivity contribution in [2.24, 2.45) is 0 Å². The molecule has 1 heterocycles. The highest BCUT2D eigenvalue weighted by Crippen LogP contribution is 2.12. The van der Waals surface area contributed by atoms with E-state index in [-0.39, 0.29) is 12.6 Å². The predicted octanol–water partition coefficient (Wildman–Crippen LogP) is -0.339. The van der Waals surface area contributed by atoms with Crippen LogP contribution in [-0.4, -0.2) is 51.1 Å². The van der Waals surface area contributed by atoms with Gasteiger partial charge in [0.25, 0.3) is 0 Å². The zero-order chi connectivity index (χ0) is 12.9. The summed E-state index contributed by atoms with van der Waals surface area (Å²) in [6, 6.07) is -0.105. The molecule has 1 saturated heterocycles. The van der Waals surface area contributed by atoms with Crippen molar-refractivity contribution in [2.75, 3.05) is 26.2 Å². The standard InChI is InChI=1S/C9H19N3O4S/c1-3-12(8-5-6-10-7-8)17(14,15)11-9(13)16-4-2/h8,10H,3-7H2,1-2H3,(H,11,13). The lowest BCUT2D eigenvalue weighted by atomic mass is 10.3. The number of rotatable bonds is 5. The van der Waals surface area contributed by atoms with Crippen LogP contribution in [0.3, 0.4) is 0 Å². The van der Waals surface area contributed by atoms with E-state index in [0.29, 0.717) is 13.1 Å². The number of nitrogens with zero attached hydrogens (tertiary/aromatic N) is 1. The number of carbonyl (C=O) groups excluding carboxylic acids is 1. The van der Waals surface area contributed by atoms with Crippen molar-refractivity contribution in [3.05, 3.63) is 0 Å². The number of likely N-dealkylation sites (N-methyl/N-ethyl adjacent to an activating group) is 1. The number of hydrogen-bond acceptors (Lipinski definition) is 5. The second-order valence-electron chi connectivity index (χ2n) is 3.68. The van der Waals surface area contributed by atoms with Crippen LogP contribution in [0.5, 0.6) is 0 Å². The Kier molecular flexibility index (Phi) is 5.16. The van der Waals surface area contributed by atoms with Crippen LogP contribution in [0, 0.1) is 0 Å². The minimum atomic E-state index is -3.81. The van der Waals surface area contributed by atoms with Crippen molar-refractivity contribution >= 4 is 16.3 Å². The van der Waals surface area contributed by atoms with Gasteiger partial charge in [0.15, 0.2) is 0 Å². The van der Waals surface area contributed by atoms with Crippen molar-refractivity contribution in [2.45, 2.75) is 26.3 Å². The maximum Gasteiger partial charge on any atom is 0.421 e. The summed E-state index contributed by atoms with van der Waals surface area (Å²) in [6.07, 6.45) is -0.186. The van der Waals surface area contributed by atoms with E-state index in [2.05, 4.69) is 10.1 Å². The lowest BCUT2D eigenvalue weighted by molar-refractivity contribution is 0.157. The smallest absolute Gasteiger partial charge is 0.421 e. The Bertz CT molecular complexity index is 351. The molecule has 0 aromatic carbocycles. The molecule has 1 rings (SSSR count). The fraction of sp³-hybridized carbons (Fsp3) is 0.889. The third-order valence-electron chi connectivity index (χ3n) is 2.55. The van der Waals surface area contributed by atoms with Crippen LogP contribution >= 0.6 is 0 Å². The average Bonchev–Trinajstić information content (AvgIpc) is 2.70. The van der Waals surface area contributed by atoms with Crippen molar-refractivity contribution in [3.63, 3.8) is 0 Å². The van der Waals surface area contributed by atoms with Crippen LogP contribution in [-0.2, 0) is 14.9 Å². The zero-order valence-corrected chi connectivity index (χ0v) is 10.9. The fourth-order valence-electron chi connectivity index (χ4n) is 1.83. The molecular weight excluding hydrogens is 246 g/mol. The summed E-state index contributed by atoms with van der Waals surface area (Å²) >= 11 is 0. The topological polar surface area (TPSA) is 87.7 Å². The number of nitrogens with one attached hydrogen (secondary N) is 2. The molecule has 8 heteroatoms. The minimum Gasteiger partial charge on any atom is -0.449 e. The summed E-state index contributed by atoms with van der Waals surface area (Å²) in [5, 5.41) is 3.09. The normalized spacial score (nSPS) is 20.5. The van der Waals surface area contributed by atoms with E-state index < -0.39 is 16.3 Å². The van der Waals surface area contributed by atoms with E-state index in [1.807, 2.05) is 4.72 Å². The summed E-state index contributed by atoms with van der Waals surface area (Å²) in [7, 11) is -3.81. The first-order chi connectivity index (χ1) is 8.01. The van der Waals surface area contributed by atoms with Gasteiger partial charge in [-0.25, -0.2) is 9.52 Å². The molecule has 0 saturated carbocycles. The molecule has 0 aromatic heterocycles. The summed E-state index contributed by atoms with van der Waals surface area (Å²) < 4.78 is 31.6. The Morgan fingerprint density at radius 1 is 1.53 bits per heavy atom. The zero-order valence-electron chi connectivity index (χ0n) is 10.1. The largest absolute Gasteiger partial charge is 0.449 e. The Hall–Kier alpha value is -0.860. The molecule has 0 spiro atoms. The average molecular weight is 265 g/mol. The van der Waals surface area contributed by atoms with E-state index in [0.717, 1.165) is 13.0 Å². The predicted molar refractivity (Wildman–Crippen MR) is 62.7 cm³/mol. The van der Waals surface area contributed by atoms with Crippen LogP contribution < -0.4 is 10.0 Å². The van der Waals surface area contributed by atoms with Crippen LogP contribution in [0.2, 0.25) is 0 Å². The summed E-state index contributed by atoms with van der Waals surface area (Å²) in [6.45, 7) is 5.21. The lowest BCUT2D eigenvalue weighted by Crippen LogP contribution is -2.49. The maximum atomic E-state index is 11.9. The Morgan fingerprint density at radius 2 is 2.24 bits per heavy atom. The van der Waals surface area contributed by atoms with Gasteiger partial charge in [-0.1, -0.05) is 6.92 Å². The quantitative estimate of drug-likeness (QED) is 0.710. The molecule has 0 bridgehead atoms. The molecule has 0 radical (unpaired) electrons. The summed E-state index contributed by atoms with van der Waals surface area (Å²) in [5.74, 6) is 0. The molecule has 0 aromatic rings. The summed E-state index contributed by atoms with van der Waals surface area (Å²) in [4.78, 5) is 11.1. The number of hydrogen-bond donors (Lipinski definition) is 2. The van der Waals surface area contributed by atoms with Gasteiger partial charge >= 0.3 is 16.3 Å². The van der Waals surface area contributed by atoms with E-state index >= 15 is 0 Å². The first-order valence-electron chi connectivity index (χ1n) is 5.68. The van der Waals surface area contributed by atoms with E-state index in [1.165, 1.54) is 4.31 Å². The van der Waals surface area contributed by atoms with Crippen LogP contribution in [0.15, 0.2) is 0 Å². The number of ether oxygens (including phenoxy) is 1. The van der Waals surface area contributed by atoms with Gasteiger partial charge in [0.1, 0.15) is 0 Å². The van der Waals surface area contributed by atoms with E-state index in [1.54, 1.807) is 13.8 Å². The molecule has 1 fully saturated rings. The molecular formula is C9H19N3O4S. The third-order valence-corrected chi connectivity index (χ3v) is 4.15. The molecule has 1 amide bonds. The summed E-state index contributed by atoms with van der Waals surface area (Å²) in [5.41, 5.74) is 0. The first-order valence-corrected chi connectivity index (χ1v) is 7.12. The second-order valence-corrected chi connectivity index (χ2v) is 5.30. The Morgan fingerprint density at radius 3 is 2.71 bits per heavy atom. The van der Waals surface area contributed by atoms with Gasteiger partial charge in [0.05, 0.1) is 6.61 Å². The Balaban J connectivity index is 2.68. The van der Waals surface area contributed by atoms with Gasteiger partial charge in [-0.3, -0.25) is 0 Å². The van der Waals surface area contributed by atoms with Crippen LogP contribution in [0.1, 0.15) is 20.3 Å². The van der Waals surface area contributed by atoms with E-state index in [4.69, 9.17) is 0 Å². The first kappa shape index (κ1) is 14.2. The second kappa shape index (κ2) is 6.18. The third kappa shape index (κ3) is 3.83. The van der Waals surface area contributed by atoms with Gasteiger partial charge in [-0.15, -0.1) is 0 Å². The van der Waals surface area contributed by atoms with Crippen LogP contribution in [0.25, 0.3) is 0 Å². The lowest BCUT2D eigenvalue weighted by Gasteiger charge is -2.25. The molecule has 1 aliphatic heterocycles. The SMILES string of the molecule is CCOC(=O)NS(=O)(=O)N(CC)C1CCNC1. The monoisotopic (exact) mass is 265 g/mol. The highest BCUT2D eigenvalue weighted by Gasteiger charge is 2.32. The minimum absolute atomic E-state index is 0.105. The van der Waals surface area contributed by atoms with Gasteiger partial charge in [0.2, 0.25) is 0 Å². The molecule has 1 aliphatic rings. The van der Waals surface area contributed by atoms with Crippen molar-refractivity contribution < 1.29 is 17.9 Å². The van der Waals surface area contributed by atoms with Crippen LogP contribution in [0.4, 0.5) is 4.79 Å². The number of amides is 1. The maximum absolute atomic E-state index is 11.9. The van der Waals surface area contributed by atoms with E-state index in [9.17, 15) is 13.2 Å². The molecule has 0 aliphatic carbocycles. The molecule has 100 valence electrons. The van der Waals surface area contributed by atoms with Crippen molar-refractivity contribution in [1.82, 2.24) is 14.3 Å². The number of carbonyl (C=O) groups is 1. The van der Waals surface area contributed by atoms with Gasteiger partial charge < -0.3 is 10.1 Å². The van der Waals surface area contributed by atoms with Gasteiger partial charge in [-0.2, -0.15) is 12.7 Å². The molecule has 1 unspecified atom stereocenters. The molecule has 1 atom stereocenters. The Labute approximate surface area is 102 Å². The molecule has 17 heavy (non-hydrogen) atoms. The highest BCUT2D eigenvalue weighted by atomic mass is 32.2. The molecule has 2 N–H and O–H groups in total.